The average Bonchev–Trinajstić information content (AvgIpc) is 2.96. The Morgan fingerprint density at radius 1 is 1.19 bits per heavy atom. The van der Waals surface area contributed by atoms with Crippen LogP contribution in [0.5, 0.6) is 0 Å². The van der Waals surface area contributed by atoms with Crippen molar-refractivity contribution in [2.45, 2.75) is 102 Å². The molecule has 0 aliphatic heterocycles. The molecule has 1 saturated carbocycles. The predicted molar refractivity (Wildman–Crippen MR) is 108 cm³/mol. The van der Waals surface area contributed by atoms with Crippen molar-refractivity contribution in [3.63, 3.8) is 0 Å². The Labute approximate surface area is 163 Å². The van der Waals surface area contributed by atoms with E-state index in [1.807, 2.05) is 18.7 Å². The van der Waals surface area contributed by atoms with Crippen LogP contribution in [-0.2, 0) is 14.3 Å². The van der Waals surface area contributed by atoms with Crippen LogP contribution in [0, 0.1) is 5.92 Å². The van der Waals surface area contributed by atoms with Gasteiger partial charge in [-0.3, -0.25) is 9.59 Å². The zero-order chi connectivity index (χ0) is 19.2. The lowest BCUT2D eigenvalue weighted by atomic mass is 9.98. The van der Waals surface area contributed by atoms with E-state index in [1.54, 1.807) is 0 Å². The number of ether oxygens (including phenoxy) is 1. The molecule has 1 rings (SSSR count). The van der Waals surface area contributed by atoms with Crippen LogP contribution in [0.2, 0.25) is 0 Å². The topological polar surface area (TPSA) is 63.6 Å². The Morgan fingerprint density at radius 2 is 1.96 bits per heavy atom. The number of hydrogen-bond donors (Lipinski definition) is 1. The molecule has 0 heterocycles. The largest absolute Gasteiger partial charge is 0.466 e. The highest BCUT2D eigenvalue weighted by Gasteiger charge is 2.34. The number of esters is 1. The summed E-state index contributed by atoms with van der Waals surface area (Å²) in [6.07, 6.45) is 11.3. The molecule has 0 spiro atoms. The molecule has 1 N–H and O–H groups in total. The minimum Gasteiger partial charge on any atom is -0.466 e. The highest BCUT2D eigenvalue weighted by Crippen LogP contribution is 2.36. The number of unbranched alkanes of at least 4 members (excludes halogenated alkanes) is 5. The molecule has 0 amide bonds. The molecule has 0 radical (unpaired) electrons. The molecule has 152 valence electrons. The van der Waals surface area contributed by atoms with E-state index in [2.05, 4.69) is 6.92 Å². The Morgan fingerprint density at radius 3 is 2.69 bits per heavy atom. The second kappa shape index (κ2) is 14.5. The molecule has 3 unspecified atom stereocenters. The van der Waals surface area contributed by atoms with E-state index < -0.39 is 0 Å². The first kappa shape index (κ1) is 23.5. The van der Waals surface area contributed by atoms with Gasteiger partial charge in [0.2, 0.25) is 0 Å². The van der Waals surface area contributed by atoms with Crippen LogP contribution in [0.4, 0.5) is 0 Å². The first-order valence-electron chi connectivity index (χ1n) is 10.6. The summed E-state index contributed by atoms with van der Waals surface area (Å²) in [6.45, 7) is 4.46. The first-order valence-corrected chi connectivity index (χ1v) is 11.6. The number of rotatable bonds is 15. The summed E-state index contributed by atoms with van der Waals surface area (Å²) in [5, 5.41) is 10.5. The van der Waals surface area contributed by atoms with E-state index in [9.17, 15) is 14.7 Å². The molecule has 0 aromatic carbocycles. The standard InChI is InChI=1S/C21H38O4S/c1-3-5-8-11-17(22)16-26-20-15-14-19(23)18(20)12-9-6-7-10-13-21(24)25-4-2/h17-18,20,22H,3-16H2,1-2H3. The van der Waals surface area contributed by atoms with E-state index in [0.717, 1.165) is 57.1 Å². The molecule has 4 nitrogen and oxygen atoms in total. The molecule has 1 aliphatic carbocycles. The maximum absolute atomic E-state index is 12.2. The molecule has 26 heavy (non-hydrogen) atoms. The van der Waals surface area contributed by atoms with Gasteiger partial charge >= 0.3 is 5.97 Å². The second-order valence-corrected chi connectivity index (χ2v) is 8.66. The molecular weight excluding hydrogens is 348 g/mol. The van der Waals surface area contributed by atoms with Crippen molar-refractivity contribution in [3.8, 4) is 0 Å². The number of aliphatic hydroxyl groups excluding tert-OH is 1. The summed E-state index contributed by atoms with van der Waals surface area (Å²) < 4.78 is 4.93. The van der Waals surface area contributed by atoms with Gasteiger partial charge in [0, 0.05) is 29.8 Å². The third-order valence-corrected chi connectivity index (χ3v) is 6.70. The summed E-state index contributed by atoms with van der Waals surface area (Å²) in [7, 11) is 0. The van der Waals surface area contributed by atoms with Crippen LogP contribution >= 0.6 is 11.8 Å². The average molecular weight is 387 g/mol. The fourth-order valence-corrected chi connectivity index (χ4v) is 5.03. The minimum absolute atomic E-state index is 0.104. The summed E-state index contributed by atoms with van der Waals surface area (Å²) in [5.41, 5.74) is 0. The minimum atomic E-state index is -0.231. The molecular formula is C21H38O4S. The zero-order valence-electron chi connectivity index (χ0n) is 16.7. The first-order chi connectivity index (χ1) is 12.6. The molecule has 1 fully saturated rings. The summed E-state index contributed by atoms with van der Waals surface area (Å²) >= 11 is 1.81. The van der Waals surface area contributed by atoms with Crippen LogP contribution in [0.3, 0.4) is 0 Å². The summed E-state index contributed by atoms with van der Waals surface area (Å²) in [5.74, 6) is 1.24. The quantitative estimate of drug-likeness (QED) is 0.320. The van der Waals surface area contributed by atoms with E-state index in [1.165, 1.54) is 12.8 Å². The Balaban J connectivity index is 2.16. The lowest BCUT2D eigenvalue weighted by Gasteiger charge is -2.19. The fraction of sp³-hybridized carbons (Fsp3) is 0.905. The number of ketones is 1. The van der Waals surface area contributed by atoms with Gasteiger partial charge in [0.15, 0.2) is 0 Å². The van der Waals surface area contributed by atoms with Crippen molar-refractivity contribution in [1.82, 2.24) is 0 Å². The summed E-state index contributed by atoms with van der Waals surface area (Å²) in [6, 6.07) is 0. The van der Waals surface area contributed by atoms with Crippen LogP contribution in [0.15, 0.2) is 0 Å². The van der Waals surface area contributed by atoms with Gasteiger partial charge in [-0.1, -0.05) is 45.4 Å². The van der Waals surface area contributed by atoms with Gasteiger partial charge in [0.05, 0.1) is 12.7 Å². The monoisotopic (exact) mass is 386 g/mol. The third-order valence-electron chi connectivity index (χ3n) is 5.13. The predicted octanol–water partition coefficient (Wildman–Crippen LogP) is 4.91. The molecule has 0 saturated heterocycles. The maximum atomic E-state index is 12.2. The van der Waals surface area contributed by atoms with Gasteiger partial charge in [-0.15, -0.1) is 0 Å². The van der Waals surface area contributed by atoms with Gasteiger partial charge in [-0.05, 0) is 32.6 Å². The van der Waals surface area contributed by atoms with Gasteiger partial charge in [-0.2, -0.15) is 11.8 Å². The van der Waals surface area contributed by atoms with Crippen LogP contribution in [0.25, 0.3) is 0 Å². The van der Waals surface area contributed by atoms with Crippen molar-refractivity contribution >= 4 is 23.5 Å². The number of thioether (sulfide) groups is 1. The Kier molecular flexibility index (Phi) is 13.1. The van der Waals surface area contributed by atoms with Crippen molar-refractivity contribution < 1.29 is 19.4 Å². The molecule has 3 atom stereocenters. The molecule has 1 aliphatic rings. The highest BCUT2D eigenvalue weighted by atomic mass is 32.2. The molecule has 0 aromatic heterocycles. The normalized spacial score (nSPS) is 21.1. The van der Waals surface area contributed by atoms with Crippen LogP contribution < -0.4 is 0 Å². The molecule has 5 heteroatoms. The SMILES string of the molecule is CCCCCC(O)CSC1CCC(=O)C1CCCCCCC(=O)OCC. The molecule has 0 aromatic rings. The third kappa shape index (κ3) is 9.96. The number of hydrogen-bond acceptors (Lipinski definition) is 5. The number of Topliss-reactive ketones (excluding diaryl/α,β-unsaturated/α-hetero) is 1. The van der Waals surface area contributed by atoms with Crippen molar-refractivity contribution in [1.29, 1.82) is 0 Å². The lowest BCUT2D eigenvalue weighted by molar-refractivity contribution is -0.143. The van der Waals surface area contributed by atoms with E-state index >= 15 is 0 Å². The van der Waals surface area contributed by atoms with Gasteiger partial charge in [0.1, 0.15) is 5.78 Å². The van der Waals surface area contributed by atoms with E-state index in [-0.39, 0.29) is 18.0 Å². The highest BCUT2D eigenvalue weighted by molar-refractivity contribution is 8.00. The molecule has 0 bridgehead atoms. The van der Waals surface area contributed by atoms with Crippen molar-refractivity contribution in [3.05, 3.63) is 0 Å². The Bertz CT molecular complexity index is 399. The lowest BCUT2D eigenvalue weighted by Crippen LogP contribution is -2.20. The smallest absolute Gasteiger partial charge is 0.305 e. The Hall–Kier alpha value is -0.550. The number of carbonyl (C=O) groups is 2. The van der Waals surface area contributed by atoms with Crippen LogP contribution in [0.1, 0.15) is 90.9 Å². The number of carbonyl (C=O) groups excluding carboxylic acids is 2. The maximum Gasteiger partial charge on any atom is 0.305 e. The zero-order valence-corrected chi connectivity index (χ0v) is 17.5. The number of aliphatic hydroxyl groups is 1. The van der Waals surface area contributed by atoms with Crippen molar-refractivity contribution in [2.24, 2.45) is 5.92 Å². The van der Waals surface area contributed by atoms with E-state index in [0.29, 0.717) is 30.5 Å². The van der Waals surface area contributed by atoms with Gasteiger partial charge in [-0.25, -0.2) is 0 Å². The second-order valence-electron chi connectivity index (χ2n) is 7.39. The van der Waals surface area contributed by atoms with Gasteiger partial charge < -0.3 is 9.84 Å². The van der Waals surface area contributed by atoms with Gasteiger partial charge in [0.25, 0.3) is 0 Å². The summed E-state index contributed by atoms with van der Waals surface area (Å²) in [4.78, 5) is 23.5. The van der Waals surface area contributed by atoms with E-state index in [4.69, 9.17) is 4.74 Å². The fourth-order valence-electron chi connectivity index (χ4n) is 3.59. The van der Waals surface area contributed by atoms with Crippen molar-refractivity contribution in [2.75, 3.05) is 12.4 Å². The van der Waals surface area contributed by atoms with Crippen LogP contribution in [-0.4, -0.2) is 40.6 Å².